The summed E-state index contributed by atoms with van der Waals surface area (Å²) in [5, 5.41) is 12.5. The number of nitrogens with one attached hydrogen (secondary N) is 1. The third kappa shape index (κ3) is 4.38. The van der Waals surface area contributed by atoms with Crippen molar-refractivity contribution in [2.24, 2.45) is 0 Å². The molecule has 8 nitrogen and oxygen atoms in total. The Balaban J connectivity index is 2.03. The molecular formula is C20H25N5O3. The molecule has 0 unspecified atom stereocenters. The number of hydrogen-bond donors (Lipinski definition) is 1. The van der Waals surface area contributed by atoms with Crippen molar-refractivity contribution >= 4 is 22.8 Å². The standard InChI is InChI=1S/C20H25N5O3/c1-13-11-25(12-14(2)28-13)19-18(15(10-21)20(26)22-8-9-27-3)23-16-6-4-5-7-17(16)24-19/h4-7,13-15H,8-9,11-12H2,1-3H3,(H,22,26)/t13-,14+,15-/m1/s1. The third-order valence-corrected chi connectivity index (χ3v) is 4.57. The largest absolute Gasteiger partial charge is 0.383 e. The van der Waals surface area contributed by atoms with Gasteiger partial charge in [-0.1, -0.05) is 12.1 Å². The lowest BCUT2D eigenvalue weighted by molar-refractivity contribution is -0.121. The minimum atomic E-state index is -1.06. The summed E-state index contributed by atoms with van der Waals surface area (Å²) in [5.74, 6) is -0.897. The Morgan fingerprint density at radius 1 is 1.32 bits per heavy atom. The smallest absolute Gasteiger partial charge is 0.243 e. The van der Waals surface area contributed by atoms with E-state index in [0.29, 0.717) is 43.3 Å². The molecule has 0 bridgehead atoms. The fraction of sp³-hybridized carbons (Fsp3) is 0.500. The number of ether oxygens (including phenoxy) is 2. The molecule has 0 aliphatic carbocycles. The number of nitrogens with zero attached hydrogens (tertiary/aromatic N) is 4. The molecule has 0 saturated carbocycles. The maximum absolute atomic E-state index is 12.6. The molecule has 1 aromatic carbocycles. The van der Waals surface area contributed by atoms with E-state index >= 15 is 0 Å². The Morgan fingerprint density at radius 2 is 1.96 bits per heavy atom. The average molecular weight is 383 g/mol. The molecule has 28 heavy (non-hydrogen) atoms. The summed E-state index contributed by atoms with van der Waals surface area (Å²) < 4.78 is 10.8. The van der Waals surface area contributed by atoms with Crippen molar-refractivity contribution in [2.75, 3.05) is 38.3 Å². The number of carbonyl (C=O) groups excluding carboxylic acids is 1. The molecule has 2 heterocycles. The molecule has 148 valence electrons. The number of fused-ring (bicyclic) bond motifs is 1. The second-order valence-corrected chi connectivity index (χ2v) is 6.93. The van der Waals surface area contributed by atoms with Crippen LogP contribution in [0.25, 0.3) is 11.0 Å². The molecular weight excluding hydrogens is 358 g/mol. The molecule has 1 aromatic heterocycles. The fourth-order valence-corrected chi connectivity index (χ4v) is 3.40. The van der Waals surface area contributed by atoms with Gasteiger partial charge in [-0.05, 0) is 26.0 Å². The second kappa shape index (κ2) is 8.95. The molecule has 2 aromatic rings. The Hall–Kier alpha value is -2.76. The Bertz CT molecular complexity index is 872. The van der Waals surface area contributed by atoms with Gasteiger partial charge in [0.25, 0.3) is 0 Å². The number of anilines is 1. The first-order valence-electron chi connectivity index (χ1n) is 9.36. The van der Waals surface area contributed by atoms with E-state index in [1.807, 2.05) is 38.1 Å². The molecule has 3 rings (SSSR count). The number of para-hydroxylation sites is 2. The molecule has 8 heteroatoms. The van der Waals surface area contributed by atoms with E-state index in [1.165, 1.54) is 0 Å². The highest BCUT2D eigenvalue weighted by molar-refractivity contribution is 5.88. The minimum absolute atomic E-state index is 0.0148. The van der Waals surface area contributed by atoms with Gasteiger partial charge in [0.1, 0.15) is 5.69 Å². The number of carbonyl (C=O) groups is 1. The van der Waals surface area contributed by atoms with Crippen LogP contribution in [0.1, 0.15) is 25.5 Å². The normalized spacial score (nSPS) is 20.6. The van der Waals surface area contributed by atoms with Gasteiger partial charge < -0.3 is 19.7 Å². The van der Waals surface area contributed by atoms with Crippen molar-refractivity contribution in [2.45, 2.75) is 32.0 Å². The van der Waals surface area contributed by atoms with Crippen LogP contribution in [-0.2, 0) is 14.3 Å². The van der Waals surface area contributed by atoms with Crippen LogP contribution >= 0.6 is 0 Å². The van der Waals surface area contributed by atoms with Crippen molar-refractivity contribution in [3.63, 3.8) is 0 Å². The molecule has 0 radical (unpaired) electrons. The molecule has 1 saturated heterocycles. The van der Waals surface area contributed by atoms with Crippen LogP contribution in [0.15, 0.2) is 24.3 Å². The van der Waals surface area contributed by atoms with Crippen LogP contribution < -0.4 is 10.2 Å². The molecule has 1 N–H and O–H groups in total. The Morgan fingerprint density at radius 3 is 2.57 bits per heavy atom. The van der Waals surface area contributed by atoms with Gasteiger partial charge in [0, 0.05) is 26.7 Å². The Labute approximate surface area is 164 Å². The monoisotopic (exact) mass is 383 g/mol. The van der Waals surface area contributed by atoms with Crippen molar-refractivity contribution in [1.82, 2.24) is 15.3 Å². The van der Waals surface area contributed by atoms with E-state index in [-0.39, 0.29) is 12.2 Å². The molecule has 1 aliphatic heterocycles. The molecule has 1 aliphatic rings. The zero-order valence-corrected chi connectivity index (χ0v) is 16.4. The van der Waals surface area contributed by atoms with Crippen LogP contribution in [0.2, 0.25) is 0 Å². The van der Waals surface area contributed by atoms with Crippen LogP contribution in [-0.4, -0.2) is 61.4 Å². The van der Waals surface area contributed by atoms with Crippen molar-refractivity contribution in [3.8, 4) is 6.07 Å². The Kier molecular flexibility index (Phi) is 6.39. The summed E-state index contributed by atoms with van der Waals surface area (Å²) in [6, 6.07) is 9.56. The number of rotatable bonds is 6. The van der Waals surface area contributed by atoms with E-state index in [0.717, 1.165) is 5.52 Å². The van der Waals surface area contributed by atoms with Gasteiger partial charge in [-0.25, -0.2) is 9.97 Å². The van der Waals surface area contributed by atoms with Gasteiger partial charge >= 0.3 is 0 Å². The average Bonchev–Trinajstić information content (AvgIpc) is 2.67. The van der Waals surface area contributed by atoms with Crippen LogP contribution in [0.5, 0.6) is 0 Å². The summed E-state index contributed by atoms with van der Waals surface area (Å²) in [7, 11) is 1.56. The number of methoxy groups -OCH3 is 1. The van der Waals surface area contributed by atoms with Crippen molar-refractivity contribution < 1.29 is 14.3 Å². The first-order valence-corrected chi connectivity index (χ1v) is 9.36. The highest BCUT2D eigenvalue weighted by atomic mass is 16.5. The number of hydrogen-bond acceptors (Lipinski definition) is 7. The van der Waals surface area contributed by atoms with Crippen molar-refractivity contribution in [3.05, 3.63) is 30.0 Å². The maximum atomic E-state index is 12.6. The lowest BCUT2D eigenvalue weighted by atomic mass is 10.0. The number of benzene rings is 1. The van der Waals surface area contributed by atoms with Crippen LogP contribution in [0.3, 0.4) is 0 Å². The summed E-state index contributed by atoms with van der Waals surface area (Å²) in [5.41, 5.74) is 1.75. The van der Waals surface area contributed by atoms with E-state index < -0.39 is 11.8 Å². The van der Waals surface area contributed by atoms with E-state index in [1.54, 1.807) is 7.11 Å². The van der Waals surface area contributed by atoms with Gasteiger partial charge in [0.15, 0.2) is 11.7 Å². The highest BCUT2D eigenvalue weighted by Gasteiger charge is 2.31. The summed E-state index contributed by atoms with van der Waals surface area (Å²) in [6.45, 7) is 5.93. The quantitative estimate of drug-likeness (QED) is 0.757. The fourth-order valence-electron chi connectivity index (χ4n) is 3.40. The van der Waals surface area contributed by atoms with Crippen LogP contribution in [0, 0.1) is 11.3 Å². The zero-order chi connectivity index (χ0) is 20.1. The summed E-state index contributed by atoms with van der Waals surface area (Å²) in [6.07, 6.45) is 0.0295. The predicted molar refractivity (Wildman–Crippen MR) is 105 cm³/mol. The topological polar surface area (TPSA) is 100 Å². The number of aromatic nitrogens is 2. The zero-order valence-electron chi connectivity index (χ0n) is 16.4. The van der Waals surface area contributed by atoms with Gasteiger partial charge in [-0.2, -0.15) is 5.26 Å². The van der Waals surface area contributed by atoms with Crippen LogP contribution in [0.4, 0.5) is 5.82 Å². The van der Waals surface area contributed by atoms with Crippen molar-refractivity contribution in [1.29, 1.82) is 5.26 Å². The SMILES string of the molecule is COCCNC(=O)[C@H](C#N)c1nc2ccccc2nc1N1C[C@@H](C)O[C@@H](C)C1. The molecule has 1 fully saturated rings. The van der Waals surface area contributed by atoms with Gasteiger partial charge in [0.2, 0.25) is 5.91 Å². The number of nitriles is 1. The van der Waals surface area contributed by atoms with E-state index in [2.05, 4.69) is 21.3 Å². The lowest BCUT2D eigenvalue weighted by Crippen LogP contribution is -2.46. The predicted octanol–water partition coefficient (Wildman–Crippen LogP) is 1.61. The molecule has 0 spiro atoms. The van der Waals surface area contributed by atoms with Gasteiger partial charge in [-0.3, -0.25) is 4.79 Å². The minimum Gasteiger partial charge on any atom is -0.383 e. The summed E-state index contributed by atoms with van der Waals surface area (Å²) >= 11 is 0. The first-order chi connectivity index (χ1) is 13.5. The second-order valence-electron chi connectivity index (χ2n) is 6.93. The molecule has 1 amide bonds. The van der Waals surface area contributed by atoms with E-state index in [9.17, 15) is 10.1 Å². The highest BCUT2D eigenvalue weighted by Crippen LogP contribution is 2.29. The first kappa shape index (κ1) is 20.0. The number of morpholine rings is 1. The van der Waals surface area contributed by atoms with E-state index in [4.69, 9.17) is 14.5 Å². The third-order valence-electron chi connectivity index (χ3n) is 4.57. The van der Waals surface area contributed by atoms with Gasteiger partial charge in [-0.15, -0.1) is 0 Å². The maximum Gasteiger partial charge on any atom is 0.243 e. The summed E-state index contributed by atoms with van der Waals surface area (Å²) in [4.78, 5) is 24.1. The number of amides is 1. The van der Waals surface area contributed by atoms with Gasteiger partial charge in [0.05, 0.1) is 35.9 Å². The lowest BCUT2D eigenvalue weighted by Gasteiger charge is -2.37. The molecule has 3 atom stereocenters.